The van der Waals surface area contributed by atoms with E-state index in [9.17, 15) is 4.79 Å². The molecule has 0 saturated heterocycles. The molecule has 2 aliphatic carbocycles. The number of esters is 1. The largest absolute Gasteiger partial charge is 0.458 e. The maximum absolute atomic E-state index is 12.3. The third-order valence-electron chi connectivity index (χ3n) is 6.11. The zero-order valence-electron chi connectivity index (χ0n) is 12.5. The smallest absolute Gasteiger partial charge is 0.338 e. The highest BCUT2D eigenvalue weighted by molar-refractivity contribution is 5.89. The fourth-order valence-electron chi connectivity index (χ4n) is 4.12. The molecule has 0 amide bonds. The molecule has 3 heteroatoms. The first-order valence-corrected chi connectivity index (χ1v) is 7.41. The van der Waals surface area contributed by atoms with Gasteiger partial charge in [0.25, 0.3) is 0 Å². The summed E-state index contributed by atoms with van der Waals surface area (Å²) < 4.78 is 5.83. The second kappa shape index (κ2) is 4.24. The van der Waals surface area contributed by atoms with Gasteiger partial charge in [0.2, 0.25) is 0 Å². The van der Waals surface area contributed by atoms with E-state index in [2.05, 4.69) is 20.8 Å². The normalized spacial score (nSPS) is 34.1. The molecule has 3 atom stereocenters. The second-order valence-corrected chi connectivity index (χ2v) is 7.13. The molecule has 0 aliphatic heterocycles. The Kier molecular flexibility index (Phi) is 2.86. The number of fused-ring (bicyclic) bond motifs is 2. The number of nitrogen functional groups attached to an aromatic ring is 1. The Balaban J connectivity index is 1.76. The van der Waals surface area contributed by atoms with Gasteiger partial charge in [0.05, 0.1) is 5.56 Å². The summed E-state index contributed by atoms with van der Waals surface area (Å²) in [5, 5.41) is 0. The number of nitrogens with two attached hydrogens (primary N) is 1. The van der Waals surface area contributed by atoms with Crippen LogP contribution in [0.15, 0.2) is 24.3 Å². The summed E-state index contributed by atoms with van der Waals surface area (Å²) in [6.45, 7) is 6.92. The molecule has 3 nitrogen and oxygen atoms in total. The molecule has 2 saturated carbocycles. The van der Waals surface area contributed by atoms with Gasteiger partial charge in [-0.2, -0.15) is 0 Å². The van der Waals surface area contributed by atoms with E-state index in [1.54, 1.807) is 24.3 Å². The average Bonchev–Trinajstić information content (AvgIpc) is 2.72. The molecule has 3 rings (SSSR count). The summed E-state index contributed by atoms with van der Waals surface area (Å²) in [4.78, 5) is 12.3. The number of anilines is 1. The predicted molar refractivity (Wildman–Crippen MR) is 79.3 cm³/mol. The maximum Gasteiger partial charge on any atom is 0.338 e. The monoisotopic (exact) mass is 273 g/mol. The van der Waals surface area contributed by atoms with Crippen LogP contribution in [0.25, 0.3) is 0 Å². The first kappa shape index (κ1) is 13.5. The molecule has 0 spiro atoms. The van der Waals surface area contributed by atoms with Gasteiger partial charge in [-0.05, 0) is 54.9 Å². The molecule has 1 aromatic rings. The number of hydrogen-bond acceptors (Lipinski definition) is 3. The lowest BCUT2D eigenvalue weighted by Gasteiger charge is -2.38. The summed E-state index contributed by atoms with van der Waals surface area (Å²) in [6, 6.07) is 6.95. The molecule has 3 unspecified atom stereocenters. The fourth-order valence-corrected chi connectivity index (χ4v) is 4.12. The van der Waals surface area contributed by atoms with Gasteiger partial charge < -0.3 is 10.5 Å². The van der Waals surface area contributed by atoms with Crippen LogP contribution in [0.2, 0.25) is 0 Å². The Hall–Kier alpha value is -1.51. The molecular formula is C17H23NO2. The molecule has 20 heavy (non-hydrogen) atoms. The van der Waals surface area contributed by atoms with Gasteiger partial charge in [-0.3, -0.25) is 0 Å². The lowest BCUT2D eigenvalue weighted by molar-refractivity contribution is -0.0242. The maximum atomic E-state index is 12.3. The van der Waals surface area contributed by atoms with Crippen molar-refractivity contribution in [1.82, 2.24) is 0 Å². The zero-order valence-corrected chi connectivity index (χ0v) is 12.5. The molecule has 108 valence electrons. The second-order valence-electron chi connectivity index (χ2n) is 7.13. The highest BCUT2D eigenvalue weighted by Gasteiger charge is 2.62. The highest BCUT2D eigenvalue weighted by Crippen LogP contribution is 2.66. The topological polar surface area (TPSA) is 52.3 Å². The van der Waals surface area contributed by atoms with Gasteiger partial charge in [-0.15, -0.1) is 0 Å². The number of benzene rings is 1. The van der Waals surface area contributed by atoms with Crippen molar-refractivity contribution in [3.63, 3.8) is 0 Å². The number of carbonyl (C=O) groups excluding carboxylic acids is 1. The van der Waals surface area contributed by atoms with Crippen molar-refractivity contribution >= 4 is 11.7 Å². The molecule has 0 radical (unpaired) electrons. The summed E-state index contributed by atoms with van der Waals surface area (Å²) in [6.07, 6.45) is 3.47. The van der Waals surface area contributed by atoms with Crippen molar-refractivity contribution in [2.75, 3.05) is 5.73 Å². The van der Waals surface area contributed by atoms with E-state index in [0.29, 0.717) is 17.2 Å². The van der Waals surface area contributed by atoms with Crippen LogP contribution in [0.1, 0.15) is 50.4 Å². The highest BCUT2D eigenvalue weighted by atomic mass is 16.5. The van der Waals surface area contributed by atoms with Gasteiger partial charge >= 0.3 is 5.97 Å². The van der Waals surface area contributed by atoms with Crippen LogP contribution >= 0.6 is 0 Å². The SMILES string of the molecule is CC1(C)C2CCC1(C)C(OC(=O)c1ccc(N)cc1)C2. The van der Waals surface area contributed by atoms with Crippen LogP contribution < -0.4 is 5.73 Å². The van der Waals surface area contributed by atoms with Crippen molar-refractivity contribution in [1.29, 1.82) is 0 Å². The number of hydrogen-bond donors (Lipinski definition) is 1. The standard InChI is InChI=1S/C17H23NO2/c1-16(2)12-8-9-17(16,3)14(10-12)20-15(19)11-4-6-13(18)7-5-11/h4-7,12,14H,8-10,18H2,1-3H3. The van der Waals surface area contributed by atoms with Crippen LogP contribution in [0.3, 0.4) is 0 Å². The number of carbonyl (C=O) groups is 1. The van der Waals surface area contributed by atoms with Gasteiger partial charge in [-0.25, -0.2) is 4.79 Å². The van der Waals surface area contributed by atoms with Gasteiger partial charge in [0.15, 0.2) is 0 Å². The number of rotatable bonds is 2. The van der Waals surface area contributed by atoms with E-state index in [1.807, 2.05) is 0 Å². The van der Waals surface area contributed by atoms with Crippen LogP contribution in [0.4, 0.5) is 5.69 Å². The first-order chi connectivity index (χ1) is 9.34. The fraction of sp³-hybridized carbons (Fsp3) is 0.588. The Morgan fingerprint density at radius 2 is 1.90 bits per heavy atom. The predicted octanol–water partition coefficient (Wildman–Crippen LogP) is 3.64. The lowest BCUT2D eigenvalue weighted by atomic mass is 9.70. The molecule has 0 aromatic heterocycles. The molecule has 1 aromatic carbocycles. The summed E-state index contributed by atoms with van der Waals surface area (Å²) >= 11 is 0. The Labute approximate surface area is 120 Å². The van der Waals surface area contributed by atoms with E-state index in [0.717, 1.165) is 12.8 Å². The van der Waals surface area contributed by atoms with Gasteiger partial charge in [0.1, 0.15) is 6.10 Å². The van der Waals surface area contributed by atoms with Crippen molar-refractivity contribution in [3.8, 4) is 0 Å². The molecule has 2 N–H and O–H groups in total. The Morgan fingerprint density at radius 3 is 2.40 bits per heavy atom. The van der Waals surface area contributed by atoms with Crippen molar-refractivity contribution in [2.45, 2.75) is 46.1 Å². The third-order valence-corrected chi connectivity index (χ3v) is 6.11. The first-order valence-electron chi connectivity index (χ1n) is 7.41. The van der Waals surface area contributed by atoms with E-state index in [4.69, 9.17) is 10.5 Å². The summed E-state index contributed by atoms with van der Waals surface area (Å²) in [5.74, 6) is 0.455. The molecule has 2 fully saturated rings. The van der Waals surface area contributed by atoms with E-state index < -0.39 is 0 Å². The van der Waals surface area contributed by atoms with Crippen LogP contribution in [0, 0.1) is 16.7 Å². The quantitative estimate of drug-likeness (QED) is 0.661. The van der Waals surface area contributed by atoms with Gasteiger partial charge in [0, 0.05) is 11.1 Å². The molecule has 0 heterocycles. The van der Waals surface area contributed by atoms with Crippen molar-refractivity contribution < 1.29 is 9.53 Å². The van der Waals surface area contributed by atoms with Crippen LogP contribution in [0.5, 0.6) is 0 Å². The minimum atomic E-state index is -0.223. The molecular weight excluding hydrogens is 250 g/mol. The summed E-state index contributed by atoms with van der Waals surface area (Å²) in [7, 11) is 0. The number of ether oxygens (including phenoxy) is 1. The zero-order chi connectivity index (χ0) is 14.5. The van der Waals surface area contributed by atoms with Crippen LogP contribution in [-0.4, -0.2) is 12.1 Å². The average molecular weight is 273 g/mol. The minimum absolute atomic E-state index is 0.0429. The molecule has 2 bridgehead atoms. The minimum Gasteiger partial charge on any atom is -0.458 e. The van der Waals surface area contributed by atoms with E-state index >= 15 is 0 Å². The van der Waals surface area contributed by atoms with Gasteiger partial charge in [-0.1, -0.05) is 20.8 Å². The Bertz CT molecular complexity index is 534. The molecule has 2 aliphatic rings. The van der Waals surface area contributed by atoms with Crippen molar-refractivity contribution in [3.05, 3.63) is 29.8 Å². The van der Waals surface area contributed by atoms with Crippen LogP contribution in [-0.2, 0) is 4.74 Å². The lowest BCUT2D eigenvalue weighted by Crippen LogP contribution is -2.38. The Morgan fingerprint density at radius 1 is 1.25 bits per heavy atom. The van der Waals surface area contributed by atoms with Crippen molar-refractivity contribution in [2.24, 2.45) is 16.7 Å². The van der Waals surface area contributed by atoms with E-state index in [1.165, 1.54) is 6.42 Å². The van der Waals surface area contributed by atoms with E-state index in [-0.39, 0.29) is 22.9 Å². The summed E-state index contributed by atoms with van der Waals surface area (Å²) in [5.41, 5.74) is 7.27. The third kappa shape index (κ3) is 1.75.